The SMILES string of the molecule is Cc1cc(NC(=O)c2cnn3ccccc23)cnc1Cl. The van der Waals surface area contributed by atoms with Gasteiger partial charge in [-0.15, -0.1) is 0 Å². The van der Waals surface area contributed by atoms with Crippen LogP contribution in [0.4, 0.5) is 5.69 Å². The van der Waals surface area contributed by atoms with E-state index in [4.69, 9.17) is 11.6 Å². The van der Waals surface area contributed by atoms with E-state index in [1.54, 1.807) is 23.0 Å². The van der Waals surface area contributed by atoms with Crippen LogP contribution < -0.4 is 5.32 Å². The van der Waals surface area contributed by atoms with Gasteiger partial charge in [-0.25, -0.2) is 9.50 Å². The summed E-state index contributed by atoms with van der Waals surface area (Å²) in [5.74, 6) is -0.227. The number of anilines is 1. The molecule has 0 unspecified atom stereocenters. The number of hydrogen-bond donors (Lipinski definition) is 1. The number of hydrogen-bond acceptors (Lipinski definition) is 3. The fourth-order valence-electron chi connectivity index (χ4n) is 1.93. The summed E-state index contributed by atoms with van der Waals surface area (Å²) in [6.45, 7) is 1.83. The zero-order valence-electron chi connectivity index (χ0n) is 10.7. The Morgan fingerprint density at radius 2 is 2.20 bits per heavy atom. The molecule has 0 aliphatic heterocycles. The van der Waals surface area contributed by atoms with Crippen LogP contribution in [0.3, 0.4) is 0 Å². The van der Waals surface area contributed by atoms with E-state index in [1.807, 2.05) is 25.1 Å². The van der Waals surface area contributed by atoms with Gasteiger partial charge in [0.1, 0.15) is 5.15 Å². The van der Waals surface area contributed by atoms with Crippen LogP contribution in [0.1, 0.15) is 15.9 Å². The van der Waals surface area contributed by atoms with E-state index < -0.39 is 0 Å². The molecule has 0 atom stereocenters. The summed E-state index contributed by atoms with van der Waals surface area (Å²) in [4.78, 5) is 16.3. The average molecular weight is 287 g/mol. The maximum atomic E-state index is 12.3. The van der Waals surface area contributed by atoms with Crippen LogP contribution in [0.5, 0.6) is 0 Å². The van der Waals surface area contributed by atoms with Gasteiger partial charge in [-0.2, -0.15) is 5.10 Å². The van der Waals surface area contributed by atoms with Gasteiger partial charge in [0, 0.05) is 6.20 Å². The highest BCUT2D eigenvalue weighted by Crippen LogP contribution is 2.18. The molecule has 0 spiro atoms. The first kappa shape index (κ1) is 12.6. The van der Waals surface area contributed by atoms with Crippen molar-refractivity contribution in [2.75, 3.05) is 5.32 Å². The number of amides is 1. The van der Waals surface area contributed by atoms with Gasteiger partial charge in [-0.3, -0.25) is 4.79 Å². The average Bonchev–Trinajstić information content (AvgIpc) is 2.87. The summed E-state index contributed by atoms with van der Waals surface area (Å²) in [7, 11) is 0. The van der Waals surface area contributed by atoms with Gasteiger partial charge in [0.2, 0.25) is 0 Å². The predicted molar refractivity (Wildman–Crippen MR) is 77.1 cm³/mol. The molecular formula is C14H11ClN4O. The Labute approximate surface area is 120 Å². The first-order valence-corrected chi connectivity index (χ1v) is 6.39. The zero-order chi connectivity index (χ0) is 14.1. The molecule has 20 heavy (non-hydrogen) atoms. The smallest absolute Gasteiger partial charge is 0.259 e. The normalized spacial score (nSPS) is 10.7. The highest BCUT2D eigenvalue weighted by atomic mass is 35.5. The van der Waals surface area contributed by atoms with Gasteiger partial charge in [-0.1, -0.05) is 17.7 Å². The number of nitrogens with one attached hydrogen (secondary N) is 1. The predicted octanol–water partition coefficient (Wildman–Crippen LogP) is 2.94. The molecule has 0 bridgehead atoms. The first-order valence-electron chi connectivity index (χ1n) is 6.01. The van der Waals surface area contributed by atoms with Crippen LogP contribution in [0.2, 0.25) is 5.15 Å². The molecule has 1 amide bonds. The number of halogens is 1. The van der Waals surface area contributed by atoms with Crippen molar-refractivity contribution in [1.29, 1.82) is 0 Å². The number of fused-ring (bicyclic) bond motifs is 1. The van der Waals surface area contributed by atoms with Crippen molar-refractivity contribution < 1.29 is 4.79 Å². The minimum atomic E-state index is -0.227. The summed E-state index contributed by atoms with van der Waals surface area (Å²) >= 11 is 5.86. The molecule has 6 heteroatoms. The third-order valence-electron chi connectivity index (χ3n) is 2.94. The van der Waals surface area contributed by atoms with Crippen LogP contribution >= 0.6 is 11.6 Å². The lowest BCUT2D eigenvalue weighted by Gasteiger charge is -2.05. The van der Waals surface area contributed by atoms with Gasteiger partial charge in [-0.05, 0) is 30.7 Å². The summed E-state index contributed by atoms with van der Waals surface area (Å²) in [5, 5.41) is 7.35. The summed E-state index contributed by atoms with van der Waals surface area (Å²) < 4.78 is 1.65. The van der Waals surface area contributed by atoms with Crippen LogP contribution in [0, 0.1) is 6.92 Å². The number of aromatic nitrogens is 3. The summed E-state index contributed by atoms with van der Waals surface area (Å²) in [5.41, 5.74) is 2.68. The fourth-order valence-corrected chi connectivity index (χ4v) is 2.04. The standard InChI is InChI=1S/C14H11ClN4O/c1-9-6-10(7-16-13(9)15)18-14(20)11-8-17-19-5-3-2-4-12(11)19/h2-8H,1H3,(H,18,20). The van der Waals surface area contributed by atoms with Crippen LogP contribution in [-0.2, 0) is 0 Å². The number of aryl methyl sites for hydroxylation is 1. The van der Waals surface area contributed by atoms with Crippen LogP contribution in [0.25, 0.3) is 5.52 Å². The number of carbonyl (C=O) groups is 1. The minimum absolute atomic E-state index is 0.227. The molecule has 0 saturated carbocycles. The Morgan fingerprint density at radius 1 is 1.35 bits per heavy atom. The maximum Gasteiger partial charge on any atom is 0.259 e. The number of rotatable bonds is 2. The highest BCUT2D eigenvalue weighted by molar-refractivity contribution is 6.30. The van der Waals surface area contributed by atoms with E-state index in [2.05, 4.69) is 15.4 Å². The van der Waals surface area contributed by atoms with Crippen molar-refractivity contribution >= 4 is 28.7 Å². The van der Waals surface area contributed by atoms with E-state index in [9.17, 15) is 4.79 Å². The van der Waals surface area contributed by atoms with Crippen LogP contribution in [-0.4, -0.2) is 20.5 Å². The monoisotopic (exact) mass is 286 g/mol. The van der Waals surface area contributed by atoms with Gasteiger partial charge in [0.15, 0.2) is 0 Å². The molecule has 0 saturated heterocycles. The quantitative estimate of drug-likeness (QED) is 0.737. The highest BCUT2D eigenvalue weighted by Gasteiger charge is 2.12. The number of pyridine rings is 2. The first-order chi connectivity index (χ1) is 9.65. The van der Waals surface area contributed by atoms with Crippen molar-refractivity contribution in [2.24, 2.45) is 0 Å². The lowest BCUT2D eigenvalue weighted by atomic mass is 10.2. The molecule has 0 radical (unpaired) electrons. The largest absolute Gasteiger partial charge is 0.320 e. The van der Waals surface area contributed by atoms with Crippen molar-refractivity contribution in [3.8, 4) is 0 Å². The fraction of sp³-hybridized carbons (Fsp3) is 0.0714. The molecule has 0 aromatic carbocycles. The Morgan fingerprint density at radius 3 is 3.00 bits per heavy atom. The van der Waals surface area contributed by atoms with Gasteiger partial charge in [0.05, 0.1) is 29.2 Å². The second kappa shape index (κ2) is 4.94. The molecule has 3 rings (SSSR count). The van der Waals surface area contributed by atoms with Crippen molar-refractivity contribution in [3.63, 3.8) is 0 Å². The molecular weight excluding hydrogens is 276 g/mol. The van der Waals surface area contributed by atoms with Crippen molar-refractivity contribution in [1.82, 2.24) is 14.6 Å². The molecule has 3 aromatic rings. The molecule has 3 aromatic heterocycles. The lowest BCUT2D eigenvalue weighted by molar-refractivity contribution is 0.102. The number of nitrogens with zero attached hydrogens (tertiary/aromatic N) is 3. The van der Waals surface area contributed by atoms with Crippen LogP contribution in [0.15, 0.2) is 42.9 Å². The topological polar surface area (TPSA) is 59.3 Å². The van der Waals surface area contributed by atoms with E-state index in [-0.39, 0.29) is 5.91 Å². The summed E-state index contributed by atoms with van der Waals surface area (Å²) in [6, 6.07) is 7.34. The van der Waals surface area contributed by atoms with Gasteiger partial charge < -0.3 is 5.32 Å². The second-order valence-electron chi connectivity index (χ2n) is 4.37. The van der Waals surface area contributed by atoms with Gasteiger partial charge in [0.25, 0.3) is 5.91 Å². The Bertz CT molecular complexity index is 797. The molecule has 5 nitrogen and oxygen atoms in total. The molecule has 3 heterocycles. The summed E-state index contributed by atoms with van der Waals surface area (Å²) in [6.07, 6.45) is 4.86. The van der Waals surface area contributed by atoms with E-state index in [0.29, 0.717) is 16.4 Å². The van der Waals surface area contributed by atoms with E-state index >= 15 is 0 Å². The third kappa shape index (κ3) is 2.23. The second-order valence-corrected chi connectivity index (χ2v) is 4.73. The Hall–Kier alpha value is -2.40. The molecule has 0 fully saturated rings. The lowest BCUT2D eigenvalue weighted by Crippen LogP contribution is -2.12. The van der Waals surface area contributed by atoms with Gasteiger partial charge >= 0.3 is 0 Å². The molecule has 0 aliphatic carbocycles. The molecule has 0 aliphatic rings. The Balaban J connectivity index is 1.91. The maximum absolute atomic E-state index is 12.3. The molecule has 1 N–H and O–H groups in total. The molecule has 100 valence electrons. The zero-order valence-corrected chi connectivity index (χ0v) is 11.4. The van der Waals surface area contributed by atoms with E-state index in [0.717, 1.165) is 11.1 Å². The van der Waals surface area contributed by atoms with Crippen molar-refractivity contribution in [3.05, 3.63) is 59.1 Å². The van der Waals surface area contributed by atoms with E-state index in [1.165, 1.54) is 6.20 Å². The Kier molecular flexibility index (Phi) is 3.12. The van der Waals surface area contributed by atoms with Crippen molar-refractivity contribution in [2.45, 2.75) is 6.92 Å². The minimum Gasteiger partial charge on any atom is -0.320 e. The third-order valence-corrected chi connectivity index (χ3v) is 3.34. The number of carbonyl (C=O) groups excluding carboxylic acids is 1.